The molecule has 6 rings (SSSR count). The normalized spacial score (nSPS) is 14.1. The van der Waals surface area contributed by atoms with Crippen LogP contribution >= 0.6 is 0 Å². The smallest absolute Gasteiger partial charge is 0.119 e. The van der Waals surface area contributed by atoms with Crippen LogP contribution in [0.5, 0.6) is 11.5 Å². The lowest BCUT2D eigenvalue weighted by molar-refractivity contribution is 0.233. The first-order valence-electron chi connectivity index (χ1n) is 19.7. The molecule has 0 amide bonds. The molecule has 1 aliphatic carbocycles. The van der Waals surface area contributed by atoms with Crippen LogP contribution in [-0.4, -0.2) is 13.2 Å². The van der Waals surface area contributed by atoms with E-state index in [1.165, 1.54) is 94.2 Å². The molecule has 0 bridgehead atoms. The Balaban J connectivity index is 1.31. The van der Waals surface area contributed by atoms with Crippen molar-refractivity contribution in [3.63, 3.8) is 0 Å². The van der Waals surface area contributed by atoms with Gasteiger partial charge >= 0.3 is 0 Å². The molecule has 2 heteroatoms. The van der Waals surface area contributed by atoms with Crippen LogP contribution in [0.4, 0.5) is 0 Å². The lowest BCUT2D eigenvalue weighted by atomic mass is 9.81. The molecule has 0 aliphatic heterocycles. The van der Waals surface area contributed by atoms with Crippen molar-refractivity contribution in [2.45, 2.75) is 98.3 Å². The van der Waals surface area contributed by atoms with Gasteiger partial charge in [-0.25, -0.2) is 0 Å². The number of hydrogen-bond donors (Lipinski definition) is 0. The van der Waals surface area contributed by atoms with Crippen molar-refractivity contribution in [2.75, 3.05) is 13.2 Å². The summed E-state index contributed by atoms with van der Waals surface area (Å²) in [5.41, 5.74) is 12.7. The molecule has 0 saturated carbocycles. The minimum Gasteiger partial charge on any atom is -0.493 e. The zero-order valence-corrected chi connectivity index (χ0v) is 31.9. The maximum absolute atomic E-state index is 6.28. The van der Waals surface area contributed by atoms with Crippen molar-refractivity contribution >= 4 is 0 Å². The van der Waals surface area contributed by atoms with Gasteiger partial charge in [-0.3, -0.25) is 0 Å². The van der Waals surface area contributed by atoms with Gasteiger partial charge in [0.15, 0.2) is 0 Å². The third-order valence-corrected chi connectivity index (χ3v) is 11.3. The van der Waals surface area contributed by atoms with Gasteiger partial charge in [0.25, 0.3) is 0 Å². The maximum atomic E-state index is 6.28. The molecule has 0 fully saturated rings. The highest BCUT2D eigenvalue weighted by Gasteiger charge is 2.35. The first-order valence-corrected chi connectivity index (χ1v) is 19.7. The first-order chi connectivity index (χ1) is 24.8. The molecule has 2 atom stereocenters. The predicted molar refractivity (Wildman–Crippen MR) is 218 cm³/mol. The van der Waals surface area contributed by atoms with E-state index < -0.39 is 0 Å². The van der Waals surface area contributed by atoms with E-state index in [-0.39, 0.29) is 5.41 Å². The molecule has 0 N–H and O–H groups in total. The summed E-state index contributed by atoms with van der Waals surface area (Å²) < 4.78 is 12.6. The van der Waals surface area contributed by atoms with E-state index in [9.17, 15) is 0 Å². The van der Waals surface area contributed by atoms with Gasteiger partial charge in [0.2, 0.25) is 0 Å². The summed E-state index contributed by atoms with van der Waals surface area (Å²) in [5, 5.41) is 0. The van der Waals surface area contributed by atoms with E-state index >= 15 is 0 Å². The molecule has 0 heterocycles. The van der Waals surface area contributed by atoms with E-state index in [2.05, 4.69) is 151 Å². The van der Waals surface area contributed by atoms with Crippen LogP contribution < -0.4 is 9.47 Å². The fourth-order valence-corrected chi connectivity index (χ4v) is 7.72. The summed E-state index contributed by atoms with van der Waals surface area (Å²) in [7, 11) is 0. The molecule has 0 aromatic heterocycles. The summed E-state index contributed by atoms with van der Waals surface area (Å²) >= 11 is 0. The molecule has 5 aromatic rings. The quantitative estimate of drug-likeness (QED) is 0.0974. The van der Waals surface area contributed by atoms with Crippen molar-refractivity contribution in [3.8, 4) is 56.0 Å². The van der Waals surface area contributed by atoms with Crippen LogP contribution in [0.3, 0.4) is 0 Å². The number of benzene rings is 5. The number of ether oxygens (including phenoxy) is 2. The van der Waals surface area contributed by atoms with Gasteiger partial charge in [-0.2, -0.15) is 0 Å². The maximum Gasteiger partial charge on any atom is 0.119 e. The second-order valence-corrected chi connectivity index (χ2v) is 15.2. The van der Waals surface area contributed by atoms with Crippen LogP contribution in [0, 0.1) is 11.8 Å². The molecule has 266 valence electrons. The zero-order valence-electron chi connectivity index (χ0n) is 31.9. The number of rotatable bonds is 17. The summed E-state index contributed by atoms with van der Waals surface area (Å²) in [4.78, 5) is 0. The van der Waals surface area contributed by atoms with Crippen molar-refractivity contribution in [3.05, 3.63) is 120 Å². The van der Waals surface area contributed by atoms with Gasteiger partial charge in [-0.15, -0.1) is 0 Å². The van der Waals surface area contributed by atoms with Crippen molar-refractivity contribution in [2.24, 2.45) is 11.8 Å². The van der Waals surface area contributed by atoms with Crippen LogP contribution in [0.1, 0.15) is 104 Å². The molecule has 2 unspecified atom stereocenters. The molecule has 5 aromatic carbocycles. The van der Waals surface area contributed by atoms with Crippen molar-refractivity contribution < 1.29 is 9.47 Å². The Kier molecular flexibility index (Phi) is 12.0. The molecule has 51 heavy (non-hydrogen) atoms. The molecule has 0 saturated heterocycles. The van der Waals surface area contributed by atoms with Gasteiger partial charge in [0, 0.05) is 5.41 Å². The Labute approximate surface area is 308 Å². The summed E-state index contributed by atoms with van der Waals surface area (Å²) in [5.74, 6) is 3.11. The Hall–Kier alpha value is -4.30. The Bertz CT molecular complexity index is 1780. The third kappa shape index (κ3) is 8.44. The minimum absolute atomic E-state index is 0.0469. The molecule has 0 spiro atoms. The largest absolute Gasteiger partial charge is 0.493 e. The fourth-order valence-electron chi connectivity index (χ4n) is 7.72. The van der Waals surface area contributed by atoms with E-state index in [1.54, 1.807) is 0 Å². The summed E-state index contributed by atoms with van der Waals surface area (Å²) in [6, 6.07) is 40.4. The topological polar surface area (TPSA) is 18.5 Å². The van der Waals surface area contributed by atoms with Gasteiger partial charge < -0.3 is 9.47 Å². The summed E-state index contributed by atoms with van der Waals surface area (Å²) in [6.45, 7) is 15.4. The SMILES string of the molecule is CCCCC(CC)COc1ccc(-c2cc(-c3ccc(OCC(CC)CCCC)cc3)cc(-c3ccc4c(c3)C(C)(C)c3ccccc3-4)c2)cc1. The predicted octanol–water partition coefficient (Wildman–Crippen LogP) is 14.2. The lowest BCUT2D eigenvalue weighted by Gasteiger charge is -2.22. The average Bonchev–Trinajstić information content (AvgIpc) is 3.40. The monoisotopic (exact) mass is 678 g/mol. The van der Waals surface area contributed by atoms with Crippen LogP contribution in [-0.2, 0) is 5.41 Å². The Morgan fingerprint density at radius 3 is 1.41 bits per heavy atom. The molecule has 0 radical (unpaired) electrons. The Morgan fingerprint density at radius 1 is 0.471 bits per heavy atom. The molecular weight excluding hydrogens is 621 g/mol. The molecule has 1 aliphatic rings. The van der Waals surface area contributed by atoms with Gasteiger partial charge in [-0.05, 0) is 129 Å². The zero-order chi connectivity index (χ0) is 35.8. The highest BCUT2D eigenvalue weighted by molar-refractivity contribution is 5.86. The standard InChI is InChI=1S/C49H58O2/c1-7-11-15-35(9-3)33-50-43-24-19-37(20-25-43)40-29-41(38-21-26-44(27-22-38)51-34-36(10-4)16-12-8-2)31-42(30-40)39-23-28-46-45-17-13-14-18-47(45)49(5,6)48(46)32-39/h13-14,17-32,35-36H,7-12,15-16,33-34H2,1-6H3. The van der Waals surface area contributed by atoms with Gasteiger partial charge in [0.1, 0.15) is 11.5 Å². The number of hydrogen-bond acceptors (Lipinski definition) is 2. The van der Waals surface area contributed by atoms with Gasteiger partial charge in [0.05, 0.1) is 13.2 Å². The highest BCUT2D eigenvalue weighted by atomic mass is 16.5. The van der Waals surface area contributed by atoms with E-state index in [1.807, 2.05) is 0 Å². The Morgan fingerprint density at radius 2 is 0.922 bits per heavy atom. The number of unbranched alkanes of at least 4 members (excludes halogenated alkanes) is 2. The lowest BCUT2D eigenvalue weighted by Crippen LogP contribution is -2.14. The van der Waals surface area contributed by atoms with Crippen LogP contribution in [0.15, 0.2) is 109 Å². The fraction of sp³-hybridized carbons (Fsp3) is 0.388. The van der Waals surface area contributed by atoms with Crippen LogP contribution in [0.2, 0.25) is 0 Å². The van der Waals surface area contributed by atoms with Crippen molar-refractivity contribution in [1.29, 1.82) is 0 Å². The van der Waals surface area contributed by atoms with Crippen LogP contribution in [0.25, 0.3) is 44.5 Å². The second-order valence-electron chi connectivity index (χ2n) is 15.2. The van der Waals surface area contributed by atoms with E-state index in [0.29, 0.717) is 11.8 Å². The molecular formula is C49H58O2. The minimum atomic E-state index is -0.0469. The van der Waals surface area contributed by atoms with Gasteiger partial charge in [-0.1, -0.05) is 141 Å². The third-order valence-electron chi connectivity index (χ3n) is 11.3. The average molecular weight is 679 g/mol. The van der Waals surface area contributed by atoms with Crippen molar-refractivity contribution in [1.82, 2.24) is 0 Å². The highest BCUT2D eigenvalue weighted by Crippen LogP contribution is 2.49. The number of fused-ring (bicyclic) bond motifs is 3. The molecule has 2 nitrogen and oxygen atoms in total. The second kappa shape index (κ2) is 16.8. The van der Waals surface area contributed by atoms with E-state index in [4.69, 9.17) is 9.47 Å². The first kappa shape index (κ1) is 36.5. The van der Waals surface area contributed by atoms with E-state index in [0.717, 1.165) is 37.6 Å². The summed E-state index contributed by atoms with van der Waals surface area (Å²) in [6.07, 6.45) is 9.79.